The topological polar surface area (TPSA) is 95.2 Å². The van der Waals surface area contributed by atoms with Crippen molar-refractivity contribution in [3.8, 4) is 0 Å². The molecule has 2 N–H and O–H groups in total. The number of H-pyrrole nitrogens is 1. The predicted octanol–water partition coefficient (Wildman–Crippen LogP) is 3.22. The summed E-state index contributed by atoms with van der Waals surface area (Å²) < 4.78 is 15.9. The van der Waals surface area contributed by atoms with E-state index in [0.29, 0.717) is 29.3 Å². The highest BCUT2D eigenvalue weighted by atomic mass is 19.1. The first kappa shape index (κ1) is 19.6. The van der Waals surface area contributed by atoms with Crippen molar-refractivity contribution >= 4 is 11.5 Å². The van der Waals surface area contributed by atoms with Crippen LogP contribution in [0.15, 0.2) is 73.4 Å². The highest BCUT2D eigenvalue weighted by Gasteiger charge is 2.34. The summed E-state index contributed by atoms with van der Waals surface area (Å²) in [6.07, 6.45) is 6.59. The fourth-order valence-corrected chi connectivity index (χ4v) is 4.37. The highest BCUT2D eigenvalue weighted by Crippen LogP contribution is 2.35. The Labute approximate surface area is 188 Å². The molecule has 0 bridgehead atoms. The smallest absolute Gasteiger partial charge is 0.226 e. The Morgan fingerprint density at radius 3 is 2.64 bits per heavy atom. The second kappa shape index (κ2) is 7.79. The Balaban J connectivity index is 1.38. The molecule has 0 amide bonds. The second-order valence-electron chi connectivity index (χ2n) is 8.00. The van der Waals surface area contributed by atoms with Gasteiger partial charge in [0.15, 0.2) is 0 Å². The van der Waals surface area contributed by atoms with Crippen LogP contribution in [0.1, 0.15) is 40.4 Å². The molecule has 1 aliphatic rings. The molecule has 9 heteroatoms. The van der Waals surface area contributed by atoms with Gasteiger partial charge in [0.1, 0.15) is 23.5 Å². The van der Waals surface area contributed by atoms with Crippen LogP contribution in [-0.4, -0.2) is 41.2 Å². The van der Waals surface area contributed by atoms with Crippen molar-refractivity contribution in [2.75, 3.05) is 11.4 Å². The maximum atomic E-state index is 14.3. The van der Waals surface area contributed by atoms with Crippen LogP contribution in [0.25, 0.3) is 5.52 Å². The minimum Gasteiger partial charge on any atom is -0.384 e. The van der Waals surface area contributed by atoms with E-state index in [9.17, 15) is 9.50 Å². The molecule has 2 atom stereocenters. The zero-order valence-corrected chi connectivity index (χ0v) is 17.5. The van der Waals surface area contributed by atoms with Gasteiger partial charge in [0.05, 0.1) is 17.7 Å². The number of hydrogen-bond acceptors (Lipinski definition) is 6. The number of halogens is 1. The SMILES string of the molecule is OC(c1ccccc1)c1cnc(N2CCc3[nH]cnc3C2c2cc3c(F)cccn3n2)nc1. The average molecular weight is 441 g/mol. The lowest BCUT2D eigenvalue weighted by molar-refractivity contribution is 0.219. The Bertz CT molecular complexity index is 1410. The lowest BCUT2D eigenvalue weighted by Gasteiger charge is -2.34. The van der Waals surface area contributed by atoms with Gasteiger partial charge in [-0.15, -0.1) is 0 Å². The number of aromatic amines is 1. The Kier molecular flexibility index (Phi) is 4.62. The number of hydrogen-bond donors (Lipinski definition) is 2. The van der Waals surface area contributed by atoms with Gasteiger partial charge in [0, 0.05) is 42.8 Å². The molecule has 8 nitrogen and oxygen atoms in total. The molecule has 1 aliphatic heterocycles. The van der Waals surface area contributed by atoms with Gasteiger partial charge in [-0.05, 0) is 23.8 Å². The van der Waals surface area contributed by atoms with E-state index >= 15 is 0 Å². The third kappa shape index (κ3) is 3.33. The number of aliphatic hydroxyl groups excluding tert-OH is 1. The van der Waals surface area contributed by atoms with Crippen LogP contribution in [0.2, 0.25) is 0 Å². The number of aliphatic hydroxyl groups is 1. The summed E-state index contributed by atoms with van der Waals surface area (Å²) in [6, 6.07) is 13.8. The molecule has 6 rings (SSSR count). The Morgan fingerprint density at radius 2 is 1.85 bits per heavy atom. The third-order valence-electron chi connectivity index (χ3n) is 6.02. The molecule has 5 aromatic rings. The molecule has 0 radical (unpaired) electrons. The quantitative estimate of drug-likeness (QED) is 0.445. The first-order valence-electron chi connectivity index (χ1n) is 10.7. The molecule has 5 heterocycles. The van der Waals surface area contributed by atoms with Gasteiger partial charge in [-0.25, -0.2) is 23.9 Å². The van der Waals surface area contributed by atoms with Crippen LogP contribution in [0.4, 0.5) is 10.3 Å². The molecular formula is C24H20FN7O. The summed E-state index contributed by atoms with van der Waals surface area (Å²) in [5.41, 5.74) is 4.28. The van der Waals surface area contributed by atoms with Gasteiger partial charge in [0.25, 0.3) is 0 Å². The summed E-state index contributed by atoms with van der Waals surface area (Å²) >= 11 is 0. The summed E-state index contributed by atoms with van der Waals surface area (Å²) in [4.78, 5) is 18.9. The summed E-state index contributed by atoms with van der Waals surface area (Å²) in [5.74, 6) is 0.159. The number of anilines is 1. The lowest BCUT2D eigenvalue weighted by Crippen LogP contribution is -2.37. The fraction of sp³-hybridized carbons (Fsp3) is 0.167. The van der Waals surface area contributed by atoms with Crippen molar-refractivity contribution in [3.63, 3.8) is 0 Å². The van der Waals surface area contributed by atoms with E-state index in [-0.39, 0.29) is 11.9 Å². The van der Waals surface area contributed by atoms with Crippen LogP contribution in [-0.2, 0) is 6.42 Å². The largest absolute Gasteiger partial charge is 0.384 e. The van der Waals surface area contributed by atoms with E-state index in [0.717, 1.165) is 23.4 Å². The molecule has 33 heavy (non-hydrogen) atoms. The van der Waals surface area contributed by atoms with Crippen molar-refractivity contribution in [2.24, 2.45) is 0 Å². The van der Waals surface area contributed by atoms with Gasteiger partial charge < -0.3 is 15.0 Å². The summed E-state index contributed by atoms with van der Waals surface area (Å²) in [5, 5.41) is 15.3. The van der Waals surface area contributed by atoms with Crippen LogP contribution < -0.4 is 4.90 Å². The van der Waals surface area contributed by atoms with Gasteiger partial charge in [0.2, 0.25) is 5.95 Å². The number of pyridine rings is 1. The van der Waals surface area contributed by atoms with E-state index in [1.807, 2.05) is 35.2 Å². The van der Waals surface area contributed by atoms with Gasteiger partial charge >= 0.3 is 0 Å². The molecule has 0 fully saturated rings. The number of nitrogens with one attached hydrogen (secondary N) is 1. The number of imidazole rings is 1. The van der Waals surface area contributed by atoms with E-state index in [4.69, 9.17) is 0 Å². The van der Waals surface area contributed by atoms with Crippen LogP contribution in [0.3, 0.4) is 0 Å². The number of benzene rings is 1. The van der Waals surface area contributed by atoms with E-state index in [2.05, 4.69) is 25.0 Å². The van der Waals surface area contributed by atoms with Crippen LogP contribution >= 0.6 is 0 Å². The third-order valence-corrected chi connectivity index (χ3v) is 6.02. The molecule has 2 unspecified atom stereocenters. The van der Waals surface area contributed by atoms with Crippen molar-refractivity contribution in [2.45, 2.75) is 18.6 Å². The monoisotopic (exact) mass is 441 g/mol. The van der Waals surface area contributed by atoms with Gasteiger partial charge in [-0.2, -0.15) is 5.10 Å². The van der Waals surface area contributed by atoms with E-state index in [1.54, 1.807) is 37.1 Å². The Hall–Kier alpha value is -4.11. The standard InChI is InChI=1S/C24H20FN7O/c25-17-7-4-9-32-20(17)11-19(30-32)22-21-18(28-14-29-21)8-10-31(22)24-26-12-16(13-27-24)23(33)15-5-2-1-3-6-15/h1-7,9,11-14,22-23,33H,8,10H2,(H,28,29). The maximum Gasteiger partial charge on any atom is 0.226 e. The van der Waals surface area contributed by atoms with Crippen molar-refractivity contribution in [1.29, 1.82) is 0 Å². The van der Waals surface area contributed by atoms with Gasteiger partial charge in [-0.3, -0.25) is 0 Å². The van der Waals surface area contributed by atoms with Gasteiger partial charge in [-0.1, -0.05) is 30.3 Å². The summed E-state index contributed by atoms with van der Waals surface area (Å²) in [6.45, 7) is 0.636. The molecule has 0 aliphatic carbocycles. The van der Waals surface area contributed by atoms with E-state index in [1.165, 1.54) is 10.6 Å². The molecule has 164 valence electrons. The number of nitrogens with zero attached hydrogens (tertiary/aromatic N) is 6. The molecule has 0 saturated heterocycles. The van der Waals surface area contributed by atoms with Crippen molar-refractivity contribution < 1.29 is 9.50 Å². The first-order valence-corrected chi connectivity index (χ1v) is 10.7. The zero-order valence-electron chi connectivity index (χ0n) is 17.5. The Morgan fingerprint density at radius 1 is 1.03 bits per heavy atom. The summed E-state index contributed by atoms with van der Waals surface area (Å²) in [7, 11) is 0. The minimum atomic E-state index is -0.809. The maximum absolute atomic E-state index is 14.3. The second-order valence-corrected chi connectivity index (χ2v) is 8.00. The highest BCUT2D eigenvalue weighted by molar-refractivity contribution is 5.53. The number of aromatic nitrogens is 6. The molecular weight excluding hydrogens is 421 g/mol. The molecule has 4 aromatic heterocycles. The number of rotatable bonds is 4. The molecule has 1 aromatic carbocycles. The average Bonchev–Trinajstić information content (AvgIpc) is 3.51. The van der Waals surface area contributed by atoms with Crippen molar-refractivity contribution in [1.82, 2.24) is 29.5 Å². The minimum absolute atomic E-state index is 0.337. The normalized spacial score (nSPS) is 16.7. The van der Waals surface area contributed by atoms with Crippen molar-refractivity contribution in [3.05, 3.63) is 107 Å². The lowest BCUT2D eigenvalue weighted by atomic mass is 10.00. The predicted molar refractivity (Wildman–Crippen MR) is 119 cm³/mol. The van der Waals surface area contributed by atoms with E-state index < -0.39 is 6.10 Å². The molecule has 0 saturated carbocycles. The van der Waals surface area contributed by atoms with Crippen LogP contribution in [0, 0.1) is 5.82 Å². The fourth-order valence-electron chi connectivity index (χ4n) is 4.37. The van der Waals surface area contributed by atoms with Crippen LogP contribution in [0.5, 0.6) is 0 Å². The zero-order chi connectivity index (χ0) is 22.4. The first-order chi connectivity index (χ1) is 16.2. The molecule has 0 spiro atoms. The number of fused-ring (bicyclic) bond motifs is 2.